The van der Waals surface area contributed by atoms with Crippen molar-refractivity contribution in [3.8, 4) is 0 Å². The zero-order valence-electron chi connectivity index (χ0n) is 7.33. The molecular formula is C9H7F2NO2. The van der Waals surface area contributed by atoms with Gasteiger partial charge in [-0.3, -0.25) is 10.1 Å². The van der Waals surface area contributed by atoms with Crippen LogP contribution in [0.2, 0.25) is 0 Å². The van der Waals surface area contributed by atoms with Crippen molar-refractivity contribution in [1.82, 2.24) is 0 Å². The maximum atomic E-state index is 13.0. The zero-order chi connectivity index (χ0) is 10.7. The molecule has 0 fully saturated rings. The molecule has 0 amide bonds. The Morgan fingerprint density at radius 2 is 2.14 bits per heavy atom. The van der Waals surface area contributed by atoms with Gasteiger partial charge in [-0.2, -0.15) is 0 Å². The van der Waals surface area contributed by atoms with Crippen LogP contribution in [-0.2, 0) is 0 Å². The lowest BCUT2D eigenvalue weighted by atomic mass is 10.2. The van der Waals surface area contributed by atoms with E-state index in [1.165, 1.54) is 6.92 Å². The molecule has 0 aliphatic rings. The quantitative estimate of drug-likeness (QED) is 0.542. The highest BCUT2D eigenvalue weighted by atomic mass is 19.1. The van der Waals surface area contributed by atoms with E-state index in [9.17, 15) is 18.9 Å². The van der Waals surface area contributed by atoms with Gasteiger partial charge in [0.2, 0.25) is 5.70 Å². The first-order chi connectivity index (χ1) is 6.50. The average molecular weight is 199 g/mol. The Balaban J connectivity index is 3.13. The molecule has 0 heterocycles. The summed E-state index contributed by atoms with van der Waals surface area (Å²) < 4.78 is 25.6. The van der Waals surface area contributed by atoms with Crippen LogP contribution in [-0.4, -0.2) is 4.92 Å². The molecule has 0 aliphatic carbocycles. The maximum Gasteiger partial charge on any atom is 0.243 e. The van der Waals surface area contributed by atoms with Crippen LogP contribution in [0, 0.1) is 21.7 Å². The highest BCUT2D eigenvalue weighted by molar-refractivity contribution is 5.51. The Bertz CT molecular complexity index is 402. The lowest BCUT2D eigenvalue weighted by Gasteiger charge is -1.96. The van der Waals surface area contributed by atoms with Gasteiger partial charge in [0, 0.05) is 18.6 Å². The van der Waals surface area contributed by atoms with Crippen molar-refractivity contribution in [1.29, 1.82) is 0 Å². The van der Waals surface area contributed by atoms with Crippen LogP contribution in [0.4, 0.5) is 8.78 Å². The topological polar surface area (TPSA) is 43.1 Å². The molecule has 0 aromatic heterocycles. The van der Waals surface area contributed by atoms with E-state index in [2.05, 4.69) is 0 Å². The first-order valence-electron chi connectivity index (χ1n) is 3.78. The van der Waals surface area contributed by atoms with Crippen LogP contribution >= 0.6 is 0 Å². The Labute approximate surface area is 78.8 Å². The minimum atomic E-state index is -0.687. The molecule has 0 unspecified atom stereocenters. The van der Waals surface area contributed by atoms with Crippen molar-refractivity contribution >= 4 is 6.08 Å². The number of nitrogens with zero attached hydrogens (tertiary/aromatic N) is 1. The van der Waals surface area contributed by atoms with Gasteiger partial charge in [0.25, 0.3) is 0 Å². The molecule has 0 atom stereocenters. The summed E-state index contributed by atoms with van der Waals surface area (Å²) in [5.74, 6) is -1.32. The lowest BCUT2D eigenvalue weighted by molar-refractivity contribution is -0.422. The fourth-order valence-electron chi connectivity index (χ4n) is 0.903. The Kier molecular flexibility index (Phi) is 2.91. The van der Waals surface area contributed by atoms with Gasteiger partial charge in [-0.1, -0.05) is 0 Å². The third kappa shape index (κ3) is 2.35. The zero-order valence-corrected chi connectivity index (χ0v) is 7.33. The summed E-state index contributed by atoms with van der Waals surface area (Å²) in [6.45, 7) is 1.21. The summed E-state index contributed by atoms with van der Waals surface area (Å²) in [5.41, 5.74) is -0.367. The standard InChI is InChI=1S/C9H7F2NO2/c1-6(12(13)14)4-7-5-8(10)2-3-9(7)11/h2-5H,1H3/b6-4+. The summed E-state index contributed by atoms with van der Waals surface area (Å²) in [6.07, 6.45) is 0.985. The minimum absolute atomic E-state index is 0.126. The van der Waals surface area contributed by atoms with E-state index in [0.717, 1.165) is 24.3 Å². The predicted molar refractivity (Wildman–Crippen MR) is 47.0 cm³/mol. The van der Waals surface area contributed by atoms with Gasteiger partial charge in [0.05, 0.1) is 4.92 Å². The van der Waals surface area contributed by atoms with Crippen molar-refractivity contribution in [2.45, 2.75) is 6.92 Å². The summed E-state index contributed by atoms with van der Waals surface area (Å²) in [7, 11) is 0. The van der Waals surface area contributed by atoms with Crippen molar-refractivity contribution in [3.05, 3.63) is 51.2 Å². The van der Waals surface area contributed by atoms with E-state index >= 15 is 0 Å². The summed E-state index contributed by atoms with van der Waals surface area (Å²) in [5, 5.41) is 10.2. The van der Waals surface area contributed by atoms with Gasteiger partial charge in [-0.25, -0.2) is 8.78 Å². The lowest BCUT2D eigenvalue weighted by Crippen LogP contribution is -1.94. The first-order valence-corrected chi connectivity index (χ1v) is 3.78. The second kappa shape index (κ2) is 3.95. The van der Waals surface area contributed by atoms with Gasteiger partial charge in [-0.15, -0.1) is 0 Å². The predicted octanol–water partition coefficient (Wildman–Crippen LogP) is 2.60. The molecule has 0 saturated heterocycles. The normalized spacial score (nSPS) is 11.5. The molecule has 0 radical (unpaired) electrons. The number of hydrogen-bond acceptors (Lipinski definition) is 2. The van der Waals surface area contributed by atoms with Crippen molar-refractivity contribution in [3.63, 3.8) is 0 Å². The fraction of sp³-hybridized carbons (Fsp3) is 0.111. The smallest absolute Gasteiger partial charge is 0.243 e. The van der Waals surface area contributed by atoms with E-state index in [0.29, 0.717) is 0 Å². The van der Waals surface area contributed by atoms with Crippen LogP contribution < -0.4 is 0 Å². The first kappa shape index (κ1) is 10.3. The van der Waals surface area contributed by atoms with Gasteiger partial charge < -0.3 is 0 Å². The molecule has 5 heteroatoms. The molecule has 3 nitrogen and oxygen atoms in total. The molecular weight excluding hydrogens is 192 g/mol. The van der Waals surface area contributed by atoms with E-state index in [4.69, 9.17) is 0 Å². The van der Waals surface area contributed by atoms with Crippen LogP contribution in [0.15, 0.2) is 23.9 Å². The fourth-order valence-corrected chi connectivity index (χ4v) is 0.903. The molecule has 0 N–H and O–H groups in total. The Hall–Kier alpha value is -1.78. The third-order valence-electron chi connectivity index (χ3n) is 1.61. The molecule has 14 heavy (non-hydrogen) atoms. The Morgan fingerprint density at radius 3 is 2.71 bits per heavy atom. The SMILES string of the molecule is C/C(=C\c1cc(F)ccc1F)[N+](=O)[O-]. The molecule has 0 aliphatic heterocycles. The van der Waals surface area contributed by atoms with Crippen LogP contribution in [0.25, 0.3) is 6.08 Å². The third-order valence-corrected chi connectivity index (χ3v) is 1.61. The van der Waals surface area contributed by atoms with Crippen molar-refractivity contribution in [2.75, 3.05) is 0 Å². The van der Waals surface area contributed by atoms with E-state index in [1.807, 2.05) is 0 Å². The molecule has 0 spiro atoms. The van der Waals surface area contributed by atoms with Gasteiger partial charge in [-0.05, 0) is 18.2 Å². The van der Waals surface area contributed by atoms with Crippen LogP contribution in [0.3, 0.4) is 0 Å². The second-order valence-corrected chi connectivity index (χ2v) is 2.71. The highest BCUT2D eigenvalue weighted by Crippen LogP contribution is 2.13. The summed E-state index contributed by atoms with van der Waals surface area (Å²) >= 11 is 0. The van der Waals surface area contributed by atoms with Crippen LogP contribution in [0.1, 0.15) is 12.5 Å². The monoisotopic (exact) mass is 199 g/mol. The van der Waals surface area contributed by atoms with Gasteiger partial charge >= 0.3 is 0 Å². The molecule has 0 bridgehead atoms. The molecule has 0 saturated carbocycles. The van der Waals surface area contributed by atoms with Gasteiger partial charge in [0.1, 0.15) is 11.6 Å². The largest absolute Gasteiger partial charge is 0.259 e. The van der Waals surface area contributed by atoms with E-state index in [1.54, 1.807) is 0 Å². The number of nitro groups is 1. The summed E-state index contributed by atoms with van der Waals surface area (Å²) in [6, 6.07) is 2.78. The van der Waals surface area contributed by atoms with Crippen molar-refractivity contribution < 1.29 is 13.7 Å². The number of hydrogen-bond donors (Lipinski definition) is 0. The number of allylic oxidation sites excluding steroid dienone is 1. The average Bonchev–Trinajstić information content (AvgIpc) is 2.11. The highest BCUT2D eigenvalue weighted by Gasteiger charge is 2.06. The number of halogens is 2. The van der Waals surface area contributed by atoms with E-state index in [-0.39, 0.29) is 11.3 Å². The minimum Gasteiger partial charge on any atom is -0.259 e. The van der Waals surface area contributed by atoms with E-state index < -0.39 is 16.6 Å². The van der Waals surface area contributed by atoms with Gasteiger partial charge in [0.15, 0.2) is 0 Å². The molecule has 1 aromatic carbocycles. The molecule has 1 rings (SSSR count). The Morgan fingerprint density at radius 1 is 1.50 bits per heavy atom. The van der Waals surface area contributed by atoms with Crippen LogP contribution in [0.5, 0.6) is 0 Å². The maximum absolute atomic E-state index is 13.0. The number of rotatable bonds is 2. The number of benzene rings is 1. The molecule has 74 valence electrons. The summed E-state index contributed by atoms with van der Waals surface area (Å²) in [4.78, 5) is 9.56. The van der Waals surface area contributed by atoms with Crippen molar-refractivity contribution in [2.24, 2.45) is 0 Å². The second-order valence-electron chi connectivity index (χ2n) is 2.71. The molecule has 1 aromatic rings.